The normalized spacial score (nSPS) is 32.1. The first-order valence-corrected chi connectivity index (χ1v) is 9.02. The maximum absolute atomic E-state index is 12.1. The Morgan fingerprint density at radius 3 is 2.74 bits per heavy atom. The van der Waals surface area contributed by atoms with Crippen LogP contribution in [0.15, 0.2) is 36.4 Å². The van der Waals surface area contributed by atoms with Crippen molar-refractivity contribution in [2.75, 3.05) is 4.43 Å². The van der Waals surface area contributed by atoms with Crippen molar-refractivity contribution in [3.63, 3.8) is 0 Å². The molecule has 0 aliphatic carbocycles. The number of carbonyl (C=O) groups is 1. The van der Waals surface area contributed by atoms with Crippen molar-refractivity contribution in [3.8, 4) is 0 Å². The van der Waals surface area contributed by atoms with Crippen molar-refractivity contribution in [1.82, 2.24) is 0 Å². The highest BCUT2D eigenvalue weighted by Crippen LogP contribution is 2.39. The molecule has 2 aliphatic heterocycles. The molecule has 0 saturated carbocycles. The molecule has 5 nitrogen and oxygen atoms in total. The summed E-state index contributed by atoms with van der Waals surface area (Å²) < 4.78 is 23.6. The Balaban J connectivity index is 1.65. The largest absolute Gasteiger partial charge is 0.453 e. The minimum absolute atomic E-state index is 0.226. The quantitative estimate of drug-likeness (QED) is 0.318. The third kappa shape index (κ3) is 3.93. The van der Waals surface area contributed by atoms with Crippen LogP contribution in [0.25, 0.3) is 6.08 Å². The van der Waals surface area contributed by atoms with Gasteiger partial charge in [-0.05, 0) is 25.5 Å². The zero-order valence-corrected chi connectivity index (χ0v) is 15.1. The molecule has 0 unspecified atom stereocenters. The molecule has 23 heavy (non-hydrogen) atoms. The van der Waals surface area contributed by atoms with Gasteiger partial charge in [-0.3, -0.25) is 0 Å². The van der Waals surface area contributed by atoms with Gasteiger partial charge in [-0.15, -0.1) is 0 Å². The maximum Gasteiger partial charge on any atom is 0.331 e. The molecule has 3 rings (SSSR count). The number of rotatable bonds is 4. The number of halogens is 1. The van der Waals surface area contributed by atoms with Crippen molar-refractivity contribution < 1.29 is 23.7 Å². The summed E-state index contributed by atoms with van der Waals surface area (Å²) in [4.78, 5) is 12.1. The number of carbonyl (C=O) groups excluding carboxylic acids is 1. The van der Waals surface area contributed by atoms with Gasteiger partial charge in [0, 0.05) is 10.5 Å². The third-order valence-corrected chi connectivity index (χ3v) is 4.57. The molecule has 2 saturated heterocycles. The van der Waals surface area contributed by atoms with Crippen LogP contribution in [-0.4, -0.2) is 40.8 Å². The second kappa shape index (κ2) is 6.88. The van der Waals surface area contributed by atoms with E-state index in [2.05, 4.69) is 22.6 Å². The van der Waals surface area contributed by atoms with E-state index in [1.807, 2.05) is 44.2 Å². The average molecular weight is 430 g/mol. The fraction of sp³-hybridized carbons (Fsp3) is 0.471. The predicted octanol–water partition coefficient (Wildman–Crippen LogP) is 2.92. The number of alkyl halides is 1. The van der Waals surface area contributed by atoms with E-state index in [0.717, 1.165) is 5.56 Å². The minimum Gasteiger partial charge on any atom is -0.453 e. The SMILES string of the molecule is CC1(C)O[C@H]2O[C@H](CI)[C@H](OC(=O)/C=C/c3ccccc3)[C@H]2O1. The summed E-state index contributed by atoms with van der Waals surface area (Å²) in [6.45, 7) is 3.64. The van der Waals surface area contributed by atoms with Gasteiger partial charge in [0.2, 0.25) is 0 Å². The molecule has 4 atom stereocenters. The van der Waals surface area contributed by atoms with E-state index in [-0.39, 0.29) is 12.2 Å². The molecule has 2 fully saturated rings. The molecule has 0 radical (unpaired) electrons. The zero-order valence-electron chi connectivity index (χ0n) is 13.0. The molecular formula is C17H19IO5. The molecule has 124 valence electrons. The van der Waals surface area contributed by atoms with Crippen LogP contribution in [0.2, 0.25) is 0 Å². The standard InChI is InChI=1S/C17H19IO5/c1-17(2)22-15-14(12(10-18)20-16(15)23-17)21-13(19)9-8-11-6-4-3-5-7-11/h3-9,12,14-16H,10H2,1-2H3/b9-8+/t12-,14+,15-,16-/m1/s1. The van der Waals surface area contributed by atoms with Crippen LogP contribution in [0.3, 0.4) is 0 Å². The second-order valence-electron chi connectivity index (χ2n) is 5.94. The van der Waals surface area contributed by atoms with Gasteiger partial charge < -0.3 is 18.9 Å². The Morgan fingerprint density at radius 2 is 2.04 bits per heavy atom. The van der Waals surface area contributed by atoms with E-state index in [9.17, 15) is 4.79 Å². The Bertz CT molecular complexity index is 586. The first-order chi connectivity index (χ1) is 11.0. The van der Waals surface area contributed by atoms with Gasteiger partial charge >= 0.3 is 5.97 Å². The Kier molecular flexibility index (Phi) is 5.05. The topological polar surface area (TPSA) is 54.0 Å². The van der Waals surface area contributed by atoms with E-state index in [1.165, 1.54) is 6.08 Å². The highest BCUT2D eigenvalue weighted by Gasteiger charge is 2.56. The molecule has 0 aromatic heterocycles. The lowest BCUT2D eigenvalue weighted by Crippen LogP contribution is -2.38. The third-order valence-electron chi connectivity index (χ3n) is 3.70. The maximum atomic E-state index is 12.1. The van der Waals surface area contributed by atoms with Crippen LogP contribution < -0.4 is 0 Å². The first-order valence-electron chi connectivity index (χ1n) is 7.49. The molecule has 2 heterocycles. The Hall–Kier alpha value is -0.960. The van der Waals surface area contributed by atoms with Gasteiger partial charge in [0.15, 0.2) is 24.3 Å². The van der Waals surface area contributed by atoms with Gasteiger partial charge in [-0.1, -0.05) is 52.9 Å². The fourth-order valence-corrected chi connectivity index (χ4v) is 3.42. The van der Waals surface area contributed by atoms with Gasteiger partial charge in [-0.25, -0.2) is 4.79 Å². The van der Waals surface area contributed by atoms with Crippen LogP contribution in [-0.2, 0) is 23.7 Å². The molecule has 0 N–H and O–H groups in total. The first kappa shape index (κ1) is 16.9. The number of fused-ring (bicyclic) bond motifs is 1. The smallest absolute Gasteiger partial charge is 0.331 e. The lowest BCUT2D eigenvalue weighted by atomic mass is 10.1. The van der Waals surface area contributed by atoms with E-state index in [4.69, 9.17) is 18.9 Å². The Labute approximate surface area is 149 Å². The van der Waals surface area contributed by atoms with E-state index in [1.54, 1.807) is 6.08 Å². The summed E-state index contributed by atoms with van der Waals surface area (Å²) in [5, 5.41) is 0. The summed E-state index contributed by atoms with van der Waals surface area (Å²) in [7, 11) is 0. The van der Waals surface area contributed by atoms with Gasteiger partial charge in [0.05, 0.1) is 0 Å². The van der Waals surface area contributed by atoms with Crippen molar-refractivity contribution >= 4 is 34.6 Å². The second-order valence-corrected chi connectivity index (χ2v) is 6.82. The van der Waals surface area contributed by atoms with Crippen LogP contribution in [0.5, 0.6) is 0 Å². The van der Waals surface area contributed by atoms with Crippen molar-refractivity contribution in [2.45, 2.75) is 44.2 Å². The average Bonchev–Trinajstić information content (AvgIpc) is 2.99. The molecule has 2 aliphatic rings. The van der Waals surface area contributed by atoms with Gasteiger partial charge in [0.25, 0.3) is 0 Å². The highest BCUT2D eigenvalue weighted by molar-refractivity contribution is 14.1. The van der Waals surface area contributed by atoms with E-state index in [0.29, 0.717) is 4.43 Å². The zero-order chi connectivity index (χ0) is 16.4. The lowest BCUT2D eigenvalue weighted by molar-refractivity contribution is -0.214. The highest BCUT2D eigenvalue weighted by atomic mass is 127. The molecule has 0 spiro atoms. The van der Waals surface area contributed by atoms with Crippen LogP contribution in [0.4, 0.5) is 0 Å². The minimum atomic E-state index is -0.726. The van der Waals surface area contributed by atoms with Crippen molar-refractivity contribution in [1.29, 1.82) is 0 Å². The number of hydrogen-bond donors (Lipinski definition) is 0. The predicted molar refractivity (Wildman–Crippen MR) is 92.9 cm³/mol. The summed E-state index contributed by atoms with van der Waals surface area (Å²) in [6.07, 6.45) is 1.58. The lowest BCUT2D eigenvalue weighted by Gasteiger charge is -2.24. The number of esters is 1. The Morgan fingerprint density at radius 1 is 1.30 bits per heavy atom. The summed E-state index contributed by atoms with van der Waals surface area (Å²) >= 11 is 2.21. The van der Waals surface area contributed by atoms with E-state index >= 15 is 0 Å². The molecule has 0 bridgehead atoms. The summed E-state index contributed by atoms with van der Waals surface area (Å²) in [5.74, 6) is -1.14. The molecule has 6 heteroatoms. The number of ether oxygens (including phenoxy) is 4. The van der Waals surface area contributed by atoms with Gasteiger partial charge in [-0.2, -0.15) is 0 Å². The molecular weight excluding hydrogens is 411 g/mol. The van der Waals surface area contributed by atoms with Crippen LogP contribution in [0.1, 0.15) is 19.4 Å². The molecule has 1 aromatic carbocycles. The monoisotopic (exact) mass is 430 g/mol. The molecule has 1 aromatic rings. The van der Waals surface area contributed by atoms with Crippen LogP contribution >= 0.6 is 22.6 Å². The van der Waals surface area contributed by atoms with Crippen molar-refractivity contribution in [3.05, 3.63) is 42.0 Å². The van der Waals surface area contributed by atoms with Gasteiger partial charge in [0.1, 0.15) is 6.10 Å². The van der Waals surface area contributed by atoms with Crippen molar-refractivity contribution in [2.24, 2.45) is 0 Å². The van der Waals surface area contributed by atoms with E-state index < -0.39 is 24.2 Å². The molecule has 0 amide bonds. The number of benzene rings is 1. The van der Waals surface area contributed by atoms with Crippen LogP contribution in [0, 0.1) is 0 Å². The fourth-order valence-electron chi connectivity index (χ4n) is 2.72. The summed E-state index contributed by atoms with van der Waals surface area (Å²) in [6, 6.07) is 9.59. The summed E-state index contributed by atoms with van der Waals surface area (Å²) in [5.41, 5.74) is 0.942. The number of hydrogen-bond acceptors (Lipinski definition) is 5.